The summed E-state index contributed by atoms with van der Waals surface area (Å²) in [7, 11) is 0. The average molecular weight is 385 g/mol. The number of benzene rings is 1. The van der Waals surface area contributed by atoms with Crippen molar-refractivity contribution < 1.29 is 9.13 Å². The zero-order valence-corrected chi connectivity index (χ0v) is 16.2. The Morgan fingerprint density at radius 1 is 1.07 bits per heavy atom. The van der Waals surface area contributed by atoms with Gasteiger partial charge in [-0.1, -0.05) is 31.0 Å². The number of morpholine rings is 1. The van der Waals surface area contributed by atoms with E-state index in [2.05, 4.69) is 20.9 Å². The van der Waals surface area contributed by atoms with Gasteiger partial charge in [-0.25, -0.2) is 4.39 Å². The van der Waals surface area contributed by atoms with E-state index < -0.39 is 0 Å². The summed E-state index contributed by atoms with van der Waals surface area (Å²) in [5.74, 6) is 0.694. The number of pyridine rings is 1. The molecule has 2 aliphatic rings. The van der Waals surface area contributed by atoms with Gasteiger partial charge in [-0.3, -0.25) is 4.79 Å². The van der Waals surface area contributed by atoms with Gasteiger partial charge in [0, 0.05) is 43.5 Å². The van der Waals surface area contributed by atoms with E-state index in [1.54, 1.807) is 12.1 Å². The molecule has 2 fully saturated rings. The van der Waals surface area contributed by atoms with Crippen molar-refractivity contribution in [2.45, 2.75) is 38.1 Å². The number of aromatic amines is 1. The number of rotatable bonds is 4. The van der Waals surface area contributed by atoms with Crippen LogP contribution in [0.5, 0.6) is 0 Å². The van der Waals surface area contributed by atoms with Crippen molar-refractivity contribution in [3.8, 4) is 0 Å². The fourth-order valence-corrected chi connectivity index (χ4v) is 4.30. The van der Waals surface area contributed by atoms with Gasteiger partial charge in [-0.2, -0.15) is 0 Å². The zero-order valence-electron chi connectivity index (χ0n) is 16.2. The SMILES string of the molecule is O=c1cc(N2CCOCC2)cc(N2CCCCCC2Cc2ccccc2F)[nH]1. The lowest BCUT2D eigenvalue weighted by Crippen LogP contribution is -2.39. The molecule has 0 spiro atoms. The van der Waals surface area contributed by atoms with Crippen molar-refractivity contribution in [1.29, 1.82) is 0 Å². The highest BCUT2D eigenvalue weighted by molar-refractivity contribution is 5.56. The smallest absolute Gasteiger partial charge is 0.251 e. The second-order valence-corrected chi connectivity index (χ2v) is 7.68. The summed E-state index contributed by atoms with van der Waals surface area (Å²) in [5.41, 5.74) is 1.59. The van der Waals surface area contributed by atoms with Gasteiger partial charge in [0.2, 0.25) is 0 Å². The fraction of sp³-hybridized carbons (Fsp3) is 0.500. The standard InChI is InChI=1S/C22H28FN3O2/c23-20-8-4-3-6-17(20)14-18-7-2-1-5-9-26(18)21-15-19(16-22(27)24-21)25-10-12-28-13-11-25/h3-4,6,8,15-16,18H,1-2,5,7,9-14H2,(H,24,27). The van der Waals surface area contributed by atoms with Crippen molar-refractivity contribution in [2.24, 2.45) is 0 Å². The van der Waals surface area contributed by atoms with Gasteiger partial charge in [0.15, 0.2) is 0 Å². The van der Waals surface area contributed by atoms with E-state index in [4.69, 9.17) is 4.74 Å². The first kappa shape index (κ1) is 19.0. The highest BCUT2D eigenvalue weighted by Gasteiger charge is 2.24. The van der Waals surface area contributed by atoms with E-state index in [9.17, 15) is 9.18 Å². The maximum Gasteiger partial charge on any atom is 0.251 e. The minimum Gasteiger partial charge on any atom is -0.378 e. The number of nitrogens with zero attached hydrogens (tertiary/aromatic N) is 2. The number of aromatic nitrogens is 1. The van der Waals surface area contributed by atoms with Crippen LogP contribution >= 0.6 is 0 Å². The molecular formula is C22H28FN3O2. The van der Waals surface area contributed by atoms with Gasteiger partial charge in [-0.15, -0.1) is 0 Å². The van der Waals surface area contributed by atoms with Crippen LogP contribution in [0.4, 0.5) is 15.9 Å². The van der Waals surface area contributed by atoms with E-state index in [-0.39, 0.29) is 17.4 Å². The van der Waals surface area contributed by atoms with Crippen LogP contribution in [0.2, 0.25) is 0 Å². The molecule has 1 aromatic heterocycles. The largest absolute Gasteiger partial charge is 0.378 e. The summed E-state index contributed by atoms with van der Waals surface area (Å²) in [4.78, 5) is 19.9. The van der Waals surface area contributed by atoms with Crippen molar-refractivity contribution in [3.05, 3.63) is 58.1 Å². The van der Waals surface area contributed by atoms with E-state index >= 15 is 0 Å². The van der Waals surface area contributed by atoms with Crippen LogP contribution in [0.3, 0.4) is 0 Å². The molecule has 0 saturated carbocycles. The minimum atomic E-state index is -0.151. The number of hydrogen-bond donors (Lipinski definition) is 1. The maximum absolute atomic E-state index is 14.3. The van der Waals surface area contributed by atoms with Crippen LogP contribution in [-0.4, -0.2) is 43.9 Å². The Labute approximate surface area is 165 Å². The Morgan fingerprint density at radius 3 is 2.71 bits per heavy atom. The van der Waals surface area contributed by atoms with Gasteiger partial charge in [0.1, 0.15) is 11.6 Å². The van der Waals surface area contributed by atoms with Crippen LogP contribution in [0.1, 0.15) is 31.2 Å². The van der Waals surface area contributed by atoms with Gasteiger partial charge in [-0.05, 0) is 30.9 Å². The first-order valence-electron chi connectivity index (χ1n) is 10.3. The van der Waals surface area contributed by atoms with Gasteiger partial charge >= 0.3 is 0 Å². The minimum absolute atomic E-state index is 0.0899. The molecule has 0 aliphatic carbocycles. The van der Waals surface area contributed by atoms with Gasteiger partial charge < -0.3 is 19.5 Å². The van der Waals surface area contributed by atoms with Gasteiger partial charge in [0.05, 0.1) is 13.2 Å². The van der Waals surface area contributed by atoms with E-state index in [1.165, 1.54) is 6.07 Å². The molecule has 1 aromatic carbocycles. The quantitative estimate of drug-likeness (QED) is 0.877. The third-order valence-electron chi connectivity index (χ3n) is 5.79. The van der Waals surface area contributed by atoms with Gasteiger partial charge in [0.25, 0.3) is 5.56 Å². The summed E-state index contributed by atoms with van der Waals surface area (Å²) in [6, 6.07) is 10.9. The second-order valence-electron chi connectivity index (χ2n) is 7.68. The predicted molar refractivity (Wildman–Crippen MR) is 110 cm³/mol. The van der Waals surface area contributed by atoms with Crippen molar-refractivity contribution in [2.75, 3.05) is 42.6 Å². The first-order valence-corrected chi connectivity index (χ1v) is 10.3. The van der Waals surface area contributed by atoms with E-state index in [0.29, 0.717) is 19.6 Å². The third-order valence-corrected chi connectivity index (χ3v) is 5.79. The molecule has 150 valence electrons. The summed E-state index contributed by atoms with van der Waals surface area (Å²) >= 11 is 0. The monoisotopic (exact) mass is 385 g/mol. The zero-order chi connectivity index (χ0) is 19.3. The molecule has 0 amide bonds. The molecule has 0 bridgehead atoms. The molecule has 28 heavy (non-hydrogen) atoms. The molecule has 1 N–H and O–H groups in total. The molecule has 4 rings (SSSR count). The molecule has 3 heterocycles. The third kappa shape index (κ3) is 4.38. The second kappa shape index (κ2) is 8.78. The summed E-state index contributed by atoms with van der Waals surface area (Å²) in [6.07, 6.45) is 5.02. The van der Waals surface area contributed by atoms with E-state index in [1.807, 2.05) is 12.1 Å². The number of ether oxygens (including phenoxy) is 1. The molecule has 5 nitrogen and oxygen atoms in total. The Balaban J connectivity index is 1.63. The molecule has 6 heteroatoms. The number of nitrogens with one attached hydrogen (secondary N) is 1. The fourth-order valence-electron chi connectivity index (χ4n) is 4.30. The van der Waals surface area contributed by atoms with Crippen LogP contribution in [0, 0.1) is 5.82 Å². The summed E-state index contributed by atoms with van der Waals surface area (Å²) in [5, 5.41) is 0. The van der Waals surface area contributed by atoms with Crippen molar-refractivity contribution in [3.63, 3.8) is 0 Å². The normalized spacial score (nSPS) is 20.8. The lowest BCUT2D eigenvalue weighted by Gasteiger charge is -2.34. The lowest BCUT2D eigenvalue weighted by molar-refractivity contribution is 0.122. The Bertz CT molecular complexity index is 848. The lowest BCUT2D eigenvalue weighted by atomic mass is 10.00. The molecule has 0 radical (unpaired) electrons. The van der Waals surface area contributed by atoms with E-state index in [0.717, 1.165) is 62.4 Å². The average Bonchev–Trinajstić information content (AvgIpc) is 2.95. The molecule has 2 saturated heterocycles. The number of halogens is 1. The predicted octanol–water partition coefficient (Wildman–Crippen LogP) is 3.34. The topological polar surface area (TPSA) is 48.6 Å². The van der Waals surface area contributed by atoms with Crippen LogP contribution in [0.15, 0.2) is 41.2 Å². The van der Waals surface area contributed by atoms with Crippen LogP contribution in [-0.2, 0) is 11.2 Å². The molecule has 1 atom stereocenters. The van der Waals surface area contributed by atoms with Crippen LogP contribution in [0.25, 0.3) is 0 Å². The molecular weight excluding hydrogens is 357 g/mol. The highest BCUT2D eigenvalue weighted by Crippen LogP contribution is 2.27. The molecule has 2 aromatic rings. The van der Waals surface area contributed by atoms with Crippen LogP contribution < -0.4 is 15.4 Å². The molecule has 1 unspecified atom stereocenters. The summed E-state index contributed by atoms with van der Waals surface area (Å²) in [6.45, 7) is 3.83. The first-order chi connectivity index (χ1) is 13.7. The number of hydrogen-bond acceptors (Lipinski definition) is 4. The maximum atomic E-state index is 14.3. The number of H-pyrrole nitrogens is 1. The molecule has 2 aliphatic heterocycles. The summed E-state index contributed by atoms with van der Waals surface area (Å²) < 4.78 is 19.7. The highest BCUT2D eigenvalue weighted by atomic mass is 19.1. The number of anilines is 2. The Kier molecular flexibility index (Phi) is 5.95. The Morgan fingerprint density at radius 2 is 1.89 bits per heavy atom. The Hall–Kier alpha value is -2.34. The van der Waals surface area contributed by atoms with Crippen molar-refractivity contribution >= 4 is 11.5 Å². The van der Waals surface area contributed by atoms with Crippen molar-refractivity contribution in [1.82, 2.24) is 4.98 Å².